The van der Waals surface area contributed by atoms with Crippen LogP contribution in [-0.2, 0) is 6.42 Å². The smallest absolute Gasteiger partial charge is 0.120 e. The third-order valence-electron chi connectivity index (χ3n) is 3.12. The molecular formula is C13H19NO. The first-order valence-corrected chi connectivity index (χ1v) is 5.79. The zero-order valence-corrected chi connectivity index (χ0v) is 9.24. The number of benzene rings is 1. The molecule has 1 aliphatic carbocycles. The number of aryl methyl sites for hydroxylation is 1. The number of hydrogen-bond donors (Lipinski definition) is 2. The van der Waals surface area contributed by atoms with Gasteiger partial charge in [0.2, 0.25) is 0 Å². The number of nitrogens with two attached hydrogens (primary N) is 1. The molecule has 1 aromatic carbocycles. The summed E-state index contributed by atoms with van der Waals surface area (Å²) in [6.07, 6.45) is 4.60. The second-order valence-corrected chi connectivity index (χ2v) is 4.51. The summed E-state index contributed by atoms with van der Waals surface area (Å²) in [7, 11) is 0. The topological polar surface area (TPSA) is 46.2 Å². The number of hydrogen-bond acceptors (Lipinski definition) is 2. The summed E-state index contributed by atoms with van der Waals surface area (Å²) in [6.45, 7) is 2.16. The normalized spacial score (nSPS) is 17.7. The second-order valence-electron chi connectivity index (χ2n) is 4.51. The van der Waals surface area contributed by atoms with E-state index in [4.69, 9.17) is 5.73 Å². The van der Waals surface area contributed by atoms with Crippen LogP contribution in [0, 0.1) is 5.92 Å². The Hall–Kier alpha value is -1.02. The van der Waals surface area contributed by atoms with Crippen LogP contribution in [0.15, 0.2) is 18.2 Å². The number of phenolic OH excluding ortho intramolecular Hbond substituents is 1. The molecule has 1 aromatic rings. The summed E-state index contributed by atoms with van der Waals surface area (Å²) in [5, 5.41) is 9.77. The van der Waals surface area contributed by atoms with E-state index in [0.29, 0.717) is 11.7 Å². The zero-order valence-electron chi connectivity index (χ0n) is 9.24. The van der Waals surface area contributed by atoms with Crippen LogP contribution in [0.5, 0.6) is 5.75 Å². The van der Waals surface area contributed by atoms with Crippen molar-refractivity contribution in [2.45, 2.75) is 38.6 Å². The molecule has 2 rings (SSSR count). The lowest BCUT2D eigenvalue weighted by atomic mass is 9.98. The Morgan fingerprint density at radius 2 is 2.20 bits per heavy atom. The molecule has 1 unspecified atom stereocenters. The van der Waals surface area contributed by atoms with Gasteiger partial charge in [-0.1, -0.05) is 25.5 Å². The largest absolute Gasteiger partial charge is 0.508 e. The second kappa shape index (κ2) is 4.23. The van der Waals surface area contributed by atoms with Crippen molar-refractivity contribution in [2.75, 3.05) is 0 Å². The highest BCUT2D eigenvalue weighted by atomic mass is 16.3. The van der Waals surface area contributed by atoms with Crippen molar-refractivity contribution in [1.82, 2.24) is 0 Å². The molecule has 0 radical (unpaired) electrons. The average molecular weight is 205 g/mol. The molecule has 0 aliphatic heterocycles. The van der Waals surface area contributed by atoms with Crippen LogP contribution in [-0.4, -0.2) is 5.11 Å². The summed E-state index contributed by atoms with van der Waals surface area (Å²) >= 11 is 0. The van der Waals surface area contributed by atoms with E-state index >= 15 is 0 Å². The molecule has 1 saturated carbocycles. The quantitative estimate of drug-likeness (QED) is 0.794. The summed E-state index contributed by atoms with van der Waals surface area (Å²) in [4.78, 5) is 0. The Balaban J connectivity index is 2.23. The van der Waals surface area contributed by atoms with Gasteiger partial charge in [0.05, 0.1) is 0 Å². The van der Waals surface area contributed by atoms with Gasteiger partial charge in [0.25, 0.3) is 0 Å². The highest BCUT2D eigenvalue weighted by Crippen LogP contribution is 2.42. The molecule has 2 heteroatoms. The van der Waals surface area contributed by atoms with Gasteiger partial charge >= 0.3 is 0 Å². The number of aromatic hydroxyl groups is 1. The van der Waals surface area contributed by atoms with Crippen molar-refractivity contribution in [3.05, 3.63) is 29.3 Å². The first-order valence-electron chi connectivity index (χ1n) is 5.79. The molecule has 1 fully saturated rings. The summed E-state index contributed by atoms with van der Waals surface area (Å²) in [6, 6.07) is 5.87. The van der Waals surface area contributed by atoms with Gasteiger partial charge in [0.15, 0.2) is 0 Å². The van der Waals surface area contributed by atoms with Gasteiger partial charge in [0.1, 0.15) is 5.75 Å². The summed E-state index contributed by atoms with van der Waals surface area (Å²) in [5.41, 5.74) is 8.32. The maximum atomic E-state index is 9.77. The highest BCUT2D eigenvalue weighted by Gasteiger charge is 2.30. The van der Waals surface area contributed by atoms with Crippen molar-refractivity contribution in [2.24, 2.45) is 11.7 Å². The Bertz CT molecular complexity index is 344. The molecule has 0 heterocycles. The van der Waals surface area contributed by atoms with Gasteiger partial charge in [-0.05, 0) is 36.8 Å². The first-order chi connectivity index (χ1) is 7.22. The predicted molar refractivity (Wildman–Crippen MR) is 61.8 cm³/mol. The van der Waals surface area contributed by atoms with E-state index in [0.717, 1.165) is 18.4 Å². The van der Waals surface area contributed by atoms with E-state index in [2.05, 4.69) is 13.0 Å². The van der Waals surface area contributed by atoms with E-state index in [1.807, 2.05) is 6.07 Å². The fourth-order valence-electron chi connectivity index (χ4n) is 2.02. The fourth-order valence-corrected chi connectivity index (χ4v) is 2.02. The van der Waals surface area contributed by atoms with Crippen molar-refractivity contribution >= 4 is 0 Å². The highest BCUT2D eigenvalue weighted by molar-refractivity contribution is 5.39. The summed E-state index contributed by atoms with van der Waals surface area (Å²) in [5.74, 6) is 0.946. The molecule has 82 valence electrons. The third-order valence-corrected chi connectivity index (χ3v) is 3.12. The van der Waals surface area contributed by atoms with Crippen LogP contribution >= 0.6 is 0 Å². The van der Waals surface area contributed by atoms with E-state index in [9.17, 15) is 5.11 Å². The van der Waals surface area contributed by atoms with Crippen LogP contribution in [0.2, 0.25) is 0 Å². The minimum absolute atomic E-state index is 0.0295. The maximum absolute atomic E-state index is 9.77. The average Bonchev–Trinajstić information content (AvgIpc) is 3.04. The molecule has 0 amide bonds. The Morgan fingerprint density at radius 3 is 2.80 bits per heavy atom. The molecule has 0 aromatic heterocycles. The third kappa shape index (κ3) is 2.32. The molecule has 0 bridgehead atoms. The molecule has 15 heavy (non-hydrogen) atoms. The standard InChI is InChI=1S/C13H19NO/c1-2-3-9-4-7-12(15)11(8-9)13(14)10-5-6-10/h4,7-8,10,13,15H,2-3,5-6,14H2,1H3. The predicted octanol–water partition coefficient (Wildman–Crippen LogP) is 2.75. The summed E-state index contributed by atoms with van der Waals surface area (Å²) < 4.78 is 0. The van der Waals surface area contributed by atoms with E-state index < -0.39 is 0 Å². The van der Waals surface area contributed by atoms with Gasteiger partial charge in [-0.25, -0.2) is 0 Å². The van der Waals surface area contributed by atoms with Gasteiger partial charge in [0, 0.05) is 11.6 Å². The van der Waals surface area contributed by atoms with Crippen LogP contribution in [0.25, 0.3) is 0 Å². The van der Waals surface area contributed by atoms with Crippen LogP contribution < -0.4 is 5.73 Å². The lowest BCUT2D eigenvalue weighted by molar-refractivity contribution is 0.456. The van der Waals surface area contributed by atoms with E-state index in [1.54, 1.807) is 6.07 Å². The SMILES string of the molecule is CCCc1ccc(O)c(C(N)C2CC2)c1. The Labute approximate surface area is 91.1 Å². The van der Waals surface area contributed by atoms with Gasteiger partial charge < -0.3 is 10.8 Å². The minimum atomic E-state index is 0.0295. The monoisotopic (exact) mass is 205 g/mol. The van der Waals surface area contributed by atoms with Gasteiger partial charge in [-0.2, -0.15) is 0 Å². The van der Waals surface area contributed by atoms with Crippen LogP contribution in [0.3, 0.4) is 0 Å². The molecule has 0 saturated heterocycles. The molecule has 1 aliphatic rings. The first kappa shape index (κ1) is 10.5. The number of phenols is 1. The molecule has 0 spiro atoms. The lowest BCUT2D eigenvalue weighted by Crippen LogP contribution is -2.12. The fraction of sp³-hybridized carbons (Fsp3) is 0.538. The van der Waals surface area contributed by atoms with Crippen molar-refractivity contribution in [1.29, 1.82) is 0 Å². The van der Waals surface area contributed by atoms with Gasteiger partial charge in [-0.3, -0.25) is 0 Å². The Kier molecular flexibility index (Phi) is 2.96. The van der Waals surface area contributed by atoms with E-state index in [-0.39, 0.29) is 6.04 Å². The minimum Gasteiger partial charge on any atom is -0.508 e. The molecule has 3 N–H and O–H groups in total. The van der Waals surface area contributed by atoms with Crippen molar-refractivity contribution in [3.8, 4) is 5.75 Å². The zero-order chi connectivity index (χ0) is 10.8. The van der Waals surface area contributed by atoms with Crippen molar-refractivity contribution < 1.29 is 5.11 Å². The van der Waals surface area contributed by atoms with Crippen LogP contribution in [0.4, 0.5) is 0 Å². The molecular weight excluding hydrogens is 186 g/mol. The Morgan fingerprint density at radius 1 is 1.47 bits per heavy atom. The maximum Gasteiger partial charge on any atom is 0.120 e. The lowest BCUT2D eigenvalue weighted by Gasteiger charge is -2.14. The van der Waals surface area contributed by atoms with Crippen LogP contribution in [0.1, 0.15) is 43.4 Å². The molecule has 1 atom stereocenters. The van der Waals surface area contributed by atoms with Gasteiger partial charge in [-0.15, -0.1) is 0 Å². The van der Waals surface area contributed by atoms with E-state index in [1.165, 1.54) is 18.4 Å². The molecule has 2 nitrogen and oxygen atoms in total. The number of rotatable bonds is 4. The van der Waals surface area contributed by atoms with Crippen molar-refractivity contribution in [3.63, 3.8) is 0 Å².